The number of rotatable bonds is 0. The van der Waals surface area contributed by atoms with Crippen molar-refractivity contribution in [2.75, 3.05) is 0 Å². The van der Waals surface area contributed by atoms with E-state index in [0.717, 1.165) is 12.8 Å². The molecule has 0 bridgehead atoms. The van der Waals surface area contributed by atoms with Crippen molar-refractivity contribution in [3.63, 3.8) is 0 Å². The molecular weight excluding hydrogens is 213 g/mol. The van der Waals surface area contributed by atoms with Crippen LogP contribution in [0.4, 0.5) is 13.2 Å². The Kier molecular flexibility index (Phi) is 3.50. The molecular formula is C13H21F3. The summed E-state index contributed by atoms with van der Waals surface area (Å²) in [6.07, 6.45) is 5.82. The van der Waals surface area contributed by atoms with E-state index in [9.17, 15) is 13.2 Å². The Morgan fingerprint density at radius 3 is 1.69 bits per heavy atom. The molecule has 0 atom stereocenters. The van der Waals surface area contributed by atoms with Crippen LogP contribution in [0.3, 0.4) is 0 Å². The van der Waals surface area contributed by atoms with Crippen molar-refractivity contribution in [1.29, 1.82) is 0 Å². The number of halogens is 3. The molecule has 0 aromatic heterocycles. The fraction of sp³-hybridized carbons (Fsp3) is 1.00. The molecule has 3 heteroatoms. The van der Waals surface area contributed by atoms with Gasteiger partial charge in [-0.25, -0.2) is 0 Å². The van der Waals surface area contributed by atoms with E-state index in [1.54, 1.807) is 0 Å². The summed E-state index contributed by atoms with van der Waals surface area (Å²) < 4.78 is 37.7. The van der Waals surface area contributed by atoms with Gasteiger partial charge in [-0.3, -0.25) is 0 Å². The molecule has 94 valence electrons. The second-order valence-corrected chi connectivity index (χ2v) is 5.73. The monoisotopic (exact) mass is 234 g/mol. The molecule has 0 aromatic rings. The van der Waals surface area contributed by atoms with Gasteiger partial charge in [-0.1, -0.05) is 25.7 Å². The van der Waals surface area contributed by atoms with E-state index < -0.39 is 12.1 Å². The Morgan fingerprint density at radius 2 is 1.25 bits per heavy atom. The summed E-state index contributed by atoms with van der Waals surface area (Å²) >= 11 is 0. The molecule has 0 heterocycles. The molecule has 0 aromatic carbocycles. The van der Waals surface area contributed by atoms with E-state index >= 15 is 0 Å². The topological polar surface area (TPSA) is 0 Å². The third kappa shape index (κ3) is 2.72. The highest BCUT2D eigenvalue weighted by molar-refractivity contribution is 4.88. The minimum atomic E-state index is -3.95. The van der Waals surface area contributed by atoms with Crippen molar-refractivity contribution in [2.24, 2.45) is 11.3 Å². The van der Waals surface area contributed by atoms with Gasteiger partial charge in [-0.05, 0) is 43.9 Å². The molecule has 2 rings (SSSR count). The molecule has 0 nitrogen and oxygen atoms in total. The quantitative estimate of drug-likeness (QED) is 0.548. The molecule has 2 aliphatic carbocycles. The van der Waals surface area contributed by atoms with Gasteiger partial charge in [0, 0.05) is 0 Å². The van der Waals surface area contributed by atoms with Crippen LogP contribution in [0, 0.1) is 11.3 Å². The van der Waals surface area contributed by atoms with Crippen molar-refractivity contribution < 1.29 is 13.2 Å². The van der Waals surface area contributed by atoms with Crippen LogP contribution in [0.2, 0.25) is 0 Å². The Morgan fingerprint density at radius 1 is 0.750 bits per heavy atom. The average Bonchev–Trinajstić information content (AvgIpc) is 2.43. The van der Waals surface area contributed by atoms with Gasteiger partial charge in [0.15, 0.2) is 0 Å². The second kappa shape index (κ2) is 4.58. The highest BCUT2D eigenvalue weighted by Gasteiger charge is 2.45. The van der Waals surface area contributed by atoms with Crippen molar-refractivity contribution >= 4 is 0 Å². The first kappa shape index (κ1) is 12.3. The van der Waals surface area contributed by atoms with Gasteiger partial charge >= 0.3 is 6.18 Å². The average molecular weight is 234 g/mol. The number of hydrogen-bond donors (Lipinski definition) is 0. The zero-order valence-corrected chi connectivity index (χ0v) is 9.78. The minimum Gasteiger partial charge on any atom is -0.171 e. The summed E-state index contributed by atoms with van der Waals surface area (Å²) in [7, 11) is 0. The van der Waals surface area contributed by atoms with E-state index in [2.05, 4.69) is 0 Å². The smallest absolute Gasteiger partial charge is 0.171 e. The van der Waals surface area contributed by atoms with Crippen molar-refractivity contribution in [1.82, 2.24) is 0 Å². The van der Waals surface area contributed by atoms with Crippen LogP contribution in [-0.2, 0) is 0 Å². The summed E-state index contributed by atoms with van der Waals surface area (Å²) in [6, 6.07) is 0. The summed E-state index contributed by atoms with van der Waals surface area (Å²) in [6.45, 7) is 0. The lowest BCUT2D eigenvalue weighted by Gasteiger charge is -2.40. The van der Waals surface area contributed by atoms with Gasteiger partial charge < -0.3 is 0 Å². The van der Waals surface area contributed by atoms with Crippen LogP contribution in [0.15, 0.2) is 0 Å². The van der Waals surface area contributed by atoms with E-state index in [1.165, 1.54) is 38.5 Å². The third-order valence-electron chi connectivity index (χ3n) is 4.67. The maximum atomic E-state index is 12.6. The van der Waals surface area contributed by atoms with Crippen LogP contribution in [0.1, 0.15) is 64.2 Å². The van der Waals surface area contributed by atoms with Gasteiger partial charge in [0.2, 0.25) is 0 Å². The molecule has 0 saturated heterocycles. The summed E-state index contributed by atoms with van der Waals surface area (Å²) in [5.41, 5.74) is 0.290. The van der Waals surface area contributed by atoms with E-state index in [0.29, 0.717) is 12.8 Å². The van der Waals surface area contributed by atoms with Gasteiger partial charge in [0.25, 0.3) is 0 Å². The number of hydrogen-bond acceptors (Lipinski definition) is 0. The summed E-state index contributed by atoms with van der Waals surface area (Å²) in [4.78, 5) is 0. The lowest BCUT2D eigenvalue weighted by molar-refractivity contribution is -0.188. The van der Waals surface area contributed by atoms with Gasteiger partial charge in [-0.2, -0.15) is 13.2 Å². The van der Waals surface area contributed by atoms with Crippen LogP contribution < -0.4 is 0 Å². The standard InChI is InChI=1S/C13H21F3/c14-13(15,16)11-5-9-12(10-6-11)7-3-1-2-4-8-12/h11H,1-10H2. The highest BCUT2D eigenvalue weighted by atomic mass is 19.4. The first-order chi connectivity index (χ1) is 7.52. The zero-order chi connectivity index (χ0) is 11.6. The maximum Gasteiger partial charge on any atom is 0.391 e. The van der Waals surface area contributed by atoms with Crippen LogP contribution in [-0.4, -0.2) is 6.18 Å². The second-order valence-electron chi connectivity index (χ2n) is 5.73. The predicted octanol–water partition coefficient (Wildman–Crippen LogP) is 5.08. The van der Waals surface area contributed by atoms with Crippen LogP contribution in [0.5, 0.6) is 0 Å². The SMILES string of the molecule is FC(F)(F)C1CCC2(CCCCCC2)CC1. The molecule has 0 radical (unpaired) electrons. The van der Waals surface area contributed by atoms with Gasteiger partial charge in [0.1, 0.15) is 0 Å². The zero-order valence-electron chi connectivity index (χ0n) is 9.78. The Bertz CT molecular complexity index is 214. The first-order valence-corrected chi connectivity index (χ1v) is 6.59. The molecule has 2 saturated carbocycles. The fourth-order valence-electron chi connectivity index (χ4n) is 3.54. The third-order valence-corrected chi connectivity index (χ3v) is 4.67. The molecule has 0 amide bonds. The van der Waals surface area contributed by atoms with Crippen molar-refractivity contribution in [3.8, 4) is 0 Å². The van der Waals surface area contributed by atoms with Crippen LogP contribution >= 0.6 is 0 Å². The Balaban J connectivity index is 1.92. The molecule has 16 heavy (non-hydrogen) atoms. The van der Waals surface area contributed by atoms with Gasteiger partial charge in [0.05, 0.1) is 5.92 Å². The fourth-order valence-corrected chi connectivity index (χ4v) is 3.54. The molecule has 0 aliphatic heterocycles. The molecule has 2 fully saturated rings. The van der Waals surface area contributed by atoms with Crippen molar-refractivity contribution in [2.45, 2.75) is 70.4 Å². The normalized spacial score (nSPS) is 27.9. The van der Waals surface area contributed by atoms with Gasteiger partial charge in [-0.15, -0.1) is 0 Å². The van der Waals surface area contributed by atoms with E-state index in [-0.39, 0.29) is 5.41 Å². The highest BCUT2D eigenvalue weighted by Crippen LogP contribution is 2.50. The Labute approximate surface area is 95.6 Å². The number of alkyl halides is 3. The summed E-state index contributed by atoms with van der Waals surface area (Å²) in [5.74, 6) is -1.01. The minimum absolute atomic E-state index is 0.290. The lowest BCUT2D eigenvalue weighted by Crippen LogP contribution is -2.33. The van der Waals surface area contributed by atoms with Crippen LogP contribution in [0.25, 0.3) is 0 Å². The summed E-state index contributed by atoms with van der Waals surface area (Å²) in [5, 5.41) is 0. The van der Waals surface area contributed by atoms with E-state index in [1.807, 2.05) is 0 Å². The largest absolute Gasteiger partial charge is 0.391 e. The molecule has 2 aliphatic rings. The first-order valence-electron chi connectivity index (χ1n) is 6.59. The lowest BCUT2D eigenvalue weighted by atomic mass is 9.66. The maximum absolute atomic E-state index is 12.6. The van der Waals surface area contributed by atoms with E-state index in [4.69, 9.17) is 0 Å². The molecule has 0 unspecified atom stereocenters. The predicted molar refractivity (Wildman–Crippen MR) is 58.1 cm³/mol. The Hall–Kier alpha value is -0.210. The van der Waals surface area contributed by atoms with Crippen molar-refractivity contribution in [3.05, 3.63) is 0 Å². The molecule has 1 spiro atoms. The molecule has 0 N–H and O–H groups in total.